The normalized spacial score (nSPS) is 15.0. The van der Waals surface area contributed by atoms with Crippen LogP contribution < -0.4 is 9.80 Å². The highest BCUT2D eigenvalue weighted by Gasteiger charge is 2.44. The number of nitrogens with zero attached hydrogens (tertiary/aromatic N) is 3. The Morgan fingerprint density at radius 2 is 0.537 bits per heavy atom. The summed E-state index contributed by atoms with van der Waals surface area (Å²) in [6, 6.07) is 104. The van der Waals surface area contributed by atoms with Gasteiger partial charge in [0.15, 0.2) is 0 Å². The van der Waals surface area contributed by atoms with Crippen molar-refractivity contribution in [3.8, 4) is 72.4 Å². The third kappa shape index (κ3) is 8.44. The summed E-state index contributed by atoms with van der Waals surface area (Å²) in [6.45, 7) is 23.6. The average molecular weight is 1220 g/mol. The fourth-order valence-electron chi connectivity index (χ4n) is 17.3. The largest absolute Gasteiger partial charge is 0.310 e. The molecule has 458 valence electrons. The standard InChI is InChI=1S/C92H75N3/c1-56-18-15-20-70(48-56)93(66-38-28-58(29-39-66)62-36-46-74-72-22-11-13-24-78(72)89(3,4)82(74)52-62)68-42-32-60(33-43-68)64-50-76-77-51-65(55-85-87(77)95-86(76)84(54-64)91(7,8)80-26-17-27-81(88(80)95)92(85,9)10)61-34-44-69(45-35-61)94(71-21-16-19-57(2)49-71)67-40-30-59(31-41-67)63-37-47-75-73-23-12-14-25-79(73)90(5,6)83(75)53-63/h11-55H,1-10H3. The van der Waals surface area contributed by atoms with Crippen molar-refractivity contribution in [2.24, 2.45) is 0 Å². The van der Waals surface area contributed by atoms with Gasteiger partial charge in [0.05, 0.1) is 16.7 Å². The van der Waals surface area contributed by atoms with Gasteiger partial charge in [-0.1, -0.05) is 219 Å². The van der Waals surface area contributed by atoms with Gasteiger partial charge in [-0.15, -0.1) is 0 Å². The number of aryl methyl sites for hydroxylation is 2. The molecule has 14 aromatic rings. The van der Waals surface area contributed by atoms with Gasteiger partial charge in [-0.05, 0) is 245 Å². The zero-order chi connectivity index (χ0) is 64.6. The third-order valence-electron chi connectivity index (χ3n) is 22.4. The highest BCUT2D eigenvalue weighted by Crippen LogP contribution is 2.58. The van der Waals surface area contributed by atoms with Crippen molar-refractivity contribution < 1.29 is 0 Å². The molecule has 0 unspecified atom stereocenters. The van der Waals surface area contributed by atoms with Gasteiger partial charge >= 0.3 is 0 Å². The number of hydrogen-bond donors (Lipinski definition) is 0. The van der Waals surface area contributed by atoms with E-state index in [-0.39, 0.29) is 21.7 Å². The number of para-hydroxylation sites is 1. The lowest BCUT2D eigenvalue weighted by atomic mass is 9.68. The maximum Gasteiger partial charge on any atom is 0.0582 e. The molecule has 3 heterocycles. The molecule has 0 saturated heterocycles. The molecule has 0 bridgehead atoms. The summed E-state index contributed by atoms with van der Waals surface area (Å²) >= 11 is 0. The summed E-state index contributed by atoms with van der Waals surface area (Å²) < 4.78 is 2.65. The summed E-state index contributed by atoms with van der Waals surface area (Å²) in [7, 11) is 0. The van der Waals surface area contributed by atoms with Gasteiger partial charge in [0.25, 0.3) is 0 Å². The number of aromatic nitrogens is 1. The highest BCUT2D eigenvalue weighted by atomic mass is 15.1. The van der Waals surface area contributed by atoms with E-state index in [1.165, 1.54) is 150 Å². The Balaban J connectivity index is 0.715. The fourth-order valence-corrected chi connectivity index (χ4v) is 17.3. The maximum atomic E-state index is 2.65. The van der Waals surface area contributed by atoms with Crippen molar-refractivity contribution in [1.29, 1.82) is 0 Å². The van der Waals surface area contributed by atoms with E-state index in [0.717, 1.165) is 34.1 Å². The zero-order valence-corrected chi connectivity index (χ0v) is 55.8. The van der Waals surface area contributed by atoms with Crippen LogP contribution in [0.5, 0.6) is 0 Å². The van der Waals surface area contributed by atoms with E-state index in [1.807, 2.05) is 0 Å². The molecule has 1 aromatic heterocycles. The smallest absolute Gasteiger partial charge is 0.0582 e. The molecular formula is C92H75N3. The van der Waals surface area contributed by atoms with Crippen molar-refractivity contribution >= 4 is 55.9 Å². The molecule has 0 radical (unpaired) electrons. The van der Waals surface area contributed by atoms with Crippen LogP contribution in [0.4, 0.5) is 34.1 Å². The summed E-state index contributed by atoms with van der Waals surface area (Å²) in [6.07, 6.45) is 0. The minimum absolute atomic E-state index is 0.0591. The molecule has 3 nitrogen and oxygen atoms in total. The minimum Gasteiger partial charge on any atom is -0.310 e. The van der Waals surface area contributed by atoms with E-state index >= 15 is 0 Å². The second kappa shape index (κ2) is 20.4. The Hall–Kier alpha value is -10.7. The van der Waals surface area contributed by atoms with E-state index in [9.17, 15) is 0 Å². The predicted molar refractivity (Wildman–Crippen MR) is 401 cm³/mol. The second-order valence-electron chi connectivity index (χ2n) is 29.5. The van der Waals surface area contributed by atoms with Crippen LogP contribution in [0.3, 0.4) is 0 Å². The van der Waals surface area contributed by atoms with Crippen LogP contribution in [-0.2, 0) is 21.7 Å². The van der Waals surface area contributed by atoms with Gasteiger partial charge in [0.1, 0.15) is 0 Å². The molecular weight excluding hydrogens is 1150 g/mol. The highest BCUT2D eigenvalue weighted by molar-refractivity contribution is 6.16. The fraction of sp³-hybridized carbons (Fsp3) is 0.152. The van der Waals surface area contributed by atoms with Crippen LogP contribution in [0.1, 0.15) is 111 Å². The molecule has 0 spiro atoms. The molecule has 2 aliphatic carbocycles. The quantitative estimate of drug-likeness (QED) is 0.135. The van der Waals surface area contributed by atoms with Crippen LogP contribution >= 0.6 is 0 Å². The Labute approximate surface area is 558 Å². The summed E-state index contributed by atoms with van der Waals surface area (Å²) in [5.74, 6) is 0. The lowest BCUT2D eigenvalue weighted by Gasteiger charge is -2.42. The molecule has 18 rings (SSSR count). The van der Waals surface area contributed by atoms with Gasteiger partial charge in [0, 0.05) is 66.6 Å². The Bertz CT molecular complexity index is 5200. The van der Waals surface area contributed by atoms with Gasteiger partial charge in [-0.2, -0.15) is 0 Å². The molecule has 0 fully saturated rings. The van der Waals surface area contributed by atoms with Crippen molar-refractivity contribution in [1.82, 2.24) is 4.57 Å². The lowest BCUT2D eigenvalue weighted by Crippen LogP contribution is -2.33. The topological polar surface area (TPSA) is 11.4 Å². The van der Waals surface area contributed by atoms with Gasteiger partial charge in [-0.25, -0.2) is 0 Å². The Morgan fingerprint density at radius 1 is 0.232 bits per heavy atom. The zero-order valence-electron chi connectivity index (χ0n) is 55.8. The van der Waals surface area contributed by atoms with Gasteiger partial charge in [0.2, 0.25) is 0 Å². The average Bonchev–Trinajstić information content (AvgIpc) is 1.55. The number of fused-ring (bicyclic) bond motifs is 7. The first-order chi connectivity index (χ1) is 45.9. The van der Waals surface area contributed by atoms with Gasteiger partial charge < -0.3 is 14.4 Å². The predicted octanol–water partition coefficient (Wildman–Crippen LogP) is 24.9. The van der Waals surface area contributed by atoms with Gasteiger partial charge in [-0.3, -0.25) is 0 Å². The van der Waals surface area contributed by atoms with E-state index in [2.05, 4.69) is 357 Å². The molecule has 0 N–H and O–H groups in total. The summed E-state index contributed by atoms with van der Waals surface area (Å²) in [5.41, 5.74) is 38.7. The third-order valence-corrected chi connectivity index (χ3v) is 22.4. The van der Waals surface area contributed by atoms with E-state index < -0.39 is 0 Å². The van der Waals surface area contributed by atoms with Crippen LogP contribution in [-0.4, -0.2) is 4.57 Å². The number of hydrogen-bond acceptors (Lipinski definition) is 2. The van der Waals surface area contributed by atoms with Crippen LogP contribution in [0.2, 0.25) is 0 Å². The van der Waals surface area contributed by atoms with Crippen molar-refractivity contribution in [3.63, 3.8) is 0 Å². The monoisotopic (exact) mass is 1220 g/mol. The SMILES string of the molecule is Cc1cccc(N(c2ccc(-c3ccc4c(c3)C(C)(C)c3ccccc3-4)cc2)c2ccc(-c3cc4c5c(c3)c3cc(-c6ccc(N(c7ccc(-c8ccc9c(c8)C(C)(C)c8ccccc8-9)cc7)c7cccc(C)c7)cc6)cc6c3n5-c3c(cccc3C6(C)C)C4(C)C)cc2)c1. The Kier molecular flexibility index (Phi) is 12.2. The lowest BCUT2D eigenvalue weighted by molar-refractivity contribution is 0.594. The molecule has 0 atom stereocenters. The van der Waals surface area contributed by atoms with Crippen LogP contribution in [0.25, 0.3) is 94.3 Å². The number of benzene rings is 13. The van der Waals surface area contributed by atoms with Crippen LogP contribution in [0.15, 0.2) is 273 Å². The maximum absolute atomic E-state index is 2.65. The van der Waals surface area contributed by atoms with E-state index in [4.69, 9.17) is 0 Å². The molecule has 0 amide bonds. The first-order valence-corrected chi connectivity index (χ1v) is 33.9. The van der Waals surface area contributed by atoms with Crippen LogP contribution in [0, 0.1) is 13.8 Å². The first-order valence-electron chi connectivity index (χ1n) is 33.9. The molecule has 13 aromatic carbocycles. The van der Waals surface area contributed by atoms with Crippen molar-refractivity contribution in [2.75, 3.05) is 9.80 Å². The van der Waals surface area contributed by atoms with Crippen molar-refractivity contribution in [3.05, 3.63) is 329 Å². The summed E-state index contributed by atoms with van der Waals surface area (Å²) in [4.78, 5) is 4.81. The van der Waals surface area contributed by atoms with Crippen molar-refractivity contribution in [2.45, 2.75) is 90.9 Å². The first kappa shape index (κ1) is 57.0. The number of anilines is 6. The van der Waals surface area contributed by atoms with E-state index in [0.29, 0.717) is 0 Å². The second-order valence-corrected chi connectivity index (χ2v) is 29.5. The molecule has 2 aliphatic heterocycles. The van der Waals surface area contributed by atoms with E-state index in [1.54, 1.807) is 0 Å². The molecule has 3 heteroatoms. The molecule has 4 aliphatic rings. The molecule has 0 saturated carbocycles. The Morgan fingerprint density at radius 3 is 0.916 bits per heavy atom. The molecule has 95 heavy (non-hydrogen) atoms. The minimum atomic E-state index is -0.263. The summed E-state index contributed by atoms with van der Waals surface area (Å²) in [5, 5.41) is 2.59. The number of rotatable bonds is 10.